The normalized spacial score (nSPS) is 12.6. The fourth-order valence-corrected chi connectivity index (χ4v) is 1.84. The molecule has 3 nitrogen and oxygen atoms in total. The summed E-state index contributed by atoms with van der Waals surface area (Å²) in [5.74, 6) is 1.30. The van der Waals surface area contributed by atoms with E-state index in [0.29, 0.717) is 0 Å². The summed E-state index contributed by atoms with van der Waals surface area (Å²) in [5, 5.41) is 10.9. The van der Waals surface area contributed by atoms with Gasteiger partial charge in [0.2, 0.25) is 0 Å². The lowest BCUT2D eigenvalue weighted by molar-refractivity contribution is 0.415. The Hall–Kier alpha value is -1.77. The van der Waals surface area contributed by atoms with Gasteiger partial charge in [0.05, 0.1) is 18.3 Å². The number of hydrogen-bond donors (Lipinski definition) is 1. The summed E-state index contributed by atoms with van der Waals surface area (Å²) in [6, 6.07) is 7.43. The van der Waals surface area contributed by atoms with E-state index in [1.807, 2.05) is 18.2 Å². The van der Waals surface area contributed by atoms with Gasteiger partial charge < -0.3 is 9.84 Å². The first-order valence-corrected chi connectivity index (χ1v) is 5.83. The highest BCUT2D eigenvalue weighted by atomic mass is 16.5. The number of methoxy groups -OCH3 is 1. The maximum Gasteiger partial charge on any atom is 0.137 e. The molecule has 2 aromatic rings. The minimum Gasteiger partial charge on any atom is -0.506 e. The van der Waals surface area contributed by atoms with Crippen LogP contribution in [0.15, 0.2) is 24.3 Å². The molecule has 0 saturated carbocycles. The molecule has 0 amide bonds. The Bertz CT molecular complexity index is 537. The average molecular weight is 231 g/mol. The van der Waals surface area contributed by atoms with Crippen molar-refractivity contribution in [3.8, 4) is 11.5 Å². The van der Waals surface area contributed by atoms with Gasteiger partial charge in [-0.05, 0) is 30.7 Å². The van der Waals surface area contributed by atoms with Gasteiger partial charge in [0, 0.05) is 11.3 Å². The third kappa shape index (κ3) is 2.18. The highest BCUT2D eigenvalue weighted by Gasteiger charge is 2.12. The van der Waals surface area contributed by atoms with Crippen LogP contribution in [0.1, 0.15) is 31.9 Å². The summed E-state index contributed by atoms with van der Waals surface area (Å²) in [5.41, 5.74) is 1.66. The molecule has 1 heterocycles. The SMILES string of the molecule is CCC(C)c1nc2ccc(OC)cc2cc1O. The molecule has 0 spiro atoms. The van der Waals surface area contributed by atoms with E-state index in [2.05, 4.69) is 18.8 Å². The maximum atomic E-state index is 9.97. The lowest BCUT2D eigenvalue weighted by Gasteiger charge is -2.11. The largest absolute Gasteiger partial charge is 0.506 e. The highest BCUT2D eigenvalue weighted by Crippen LogP contribution is 2.30. The second-order valence-electron chi connectivity index (χ2n) is 4.26. The lowest BCUT2D eigenvalue weighted by Crippen LogP contribution is -1.97. The van der Waals surface area contributed by atoms with Gasteiger partial charge in [-0.2, -0.15) is 0 Å². The smallest absolute Gasteiger partial charge is 0.137 e. The zero-order chi connectivity index (χ0) is 12.4. The van der Waals surface area contributed by atoms with Crippen LogP contribution in [0.3, 0.4) is 0 Å². The van der Waals surface area contributed by atoms with Crippen molar-refractivity contribution in [2.45, 2.75) is 26.2 Å². The standard InChI is InChI=1S/C14H17NO2/c1-4-9(2)14-13(16)8-10-7-11(17-3)5-6-12(10)15-14/h5-9,16H,4H2,1-3H3. The molecule has 1 unspecified atom stereocenters. The van der Waals surface area contributed by atoms with Gasteiger partial charge in [0.15, 0.2) is 0 Å². The first kappa shape index (κ1) is 11.7. The molecule has 90 valence electrons. The second-order valence-corrected chi connectivity index (χ2v) is 4.26. The topological polar surface area (TPSA) is 42.4 Å². The zero-order valence-electron chi connectivity index (χ0n) is 10.4. The number of rotatable bonds is 3. The van der Waals surface area contributed by atoms with Crippen molar-refractivity contribution in [3.63, 3.8) is 0 Å². The predicted molar refractivity (Wildman–Crippen MR) is 68.7 cm³/mol. The quantitative estimate of drug-likeness (QED) is 0.879. The number of aromatic hydroxyl groups is 1. The van der Waals surface area contributed by atoms with Crippen molar-refractivity contribution in [1.29, 1.82) is 0 Å². The number of pyridine rings is 1. The van der Waals surface area contributed by atoms with Crippen molar-refractivity contribution in [1.82, 2.24) is 4.98 Å². The molecule has 0 aliphatic heterocycles. The van der Waals surface area contributed by atoms with Crippen molar-refractivity contribution < 1.29 is 9.84 Å². The van der Waals surface area contributed by atoms with Crippen LogP contribution in [-0.2, 0) is 0 Å². The number of aromatic nitrogens is 1. The third-order valence-electron chi connectivity index (χ3n) is 3.11. The molecule has 0 radical (unpaired) electrons. The molecule has 1 aromatic carbocycles. The molecular weight excluding hydrogens is 214 g/mol. The van der Waals surface area contributed by atoms with E-state index in [9.17, 15) is 5.11 Å². The maximum absolute atomic E-state index is 9.97. The van der Waals surface area contributed by atoms with E-state index >= 15 is 0 Å². The number of benzene rings is 1. The molecular formula is C14H17NO2. The number of fused-ring (bicyclic) bond motifs is 1. The minimum atomic E-state index is 0.264. The lowest BCUT2D eigenvalue weighted by atomic mass is 10.0. The van der Waals surface area contributed by atoms with Crippen LogP contribution in [0.2, 0.25) is 0 Å². The monoisotopic (exact) mass is 231 g/mol. The summed E-state index contributed by atoms with van der Waals surface area (Å²) < 4.78 is 5.15. The number of ether oxygens (including phenoxy) is 1. The van der Waals surface area contributed by atoms with Crippen LogP contribution in [0.25, 0.3) is 10.9 Å². The molecule has 0 fully saturated rings. The second kappa shape index (κ2) is 4.62. The molecule has 17 heavy (non-hydrogen) atoms. The van der Waals surface area contributed by atoms with Crippen LogP contribution in [-0.4, -0.2) is 17.2 Å². The molecule has 1 N–H and O–H groups in total. The van der Waals surface area contributed by atoms with Crippen molar-refractivity contribution in [2.75, 3.05) is 7.11 Å². The zero-order valence-corrected chi connectivity index (χ0v) is 10.4. The fourth-order valence-electron chi connectivity index (χ4n) is 1.84. The molecule has 0 bridgehead atoms. The predicted octanol–water partition coefficient (Wildman–Crippen LogP) is 3.46. The fraction of sp³-hybridized carbons (Fsp3) is 0.357. The van der Waals surface area contributed by atoms with Gasteiger partial charge in [-0.15, -0.1) is 0 Å². The molecule has 0 aliphatic rings. The van der Waals surface area contributed by atoms with Crippen molar-refractivity contribution >= 4 is 10.9 Å². The Balaban J connectivity index is 2.58. The van der Waals surface area contributed by atoms with Crippen molar-refractivity contribution in [3.05, 3.63) is 30.0 Å². The van der Waals surface area contributed by atoms with Gasteiger partial charge in [0.25, 0.3) is 0 Å². The van der Waals surface area contributed by atoms with Crippen LogP contribution < -0.4 is 4.74 Å². The number of nitrogens with zero attached hydrogens (tertiary/aromatic N) is 1. The molecule has 1 atom stereocenters. The molecule has 2 rings (SSSR count). The highest BCUT2D eigenvalue weighted by molar-refractivity contribution is 5.82. The summed E-state index contributed by atoms with van der Waals surface area (Å²) in [7, 11) is 1.63. The Morgan fingerprint density at radius 3 is 2.76 bits per heavy atom. The van der Waals surface area contributed by atoms with Crippen LogP contribution in [0.5, 0.6) is 11.5 Å². The van der Waals surface area contributed by atoms with Crippen LogP contribution in [0.4, 0.5) is 0 Å². The van der Waals surface area contributed by atoms with E-state index in [1.54, 1.807) is 13.2 Å². The Morgan fingerprint density at radius 1 is 1.35 bits per heavy atom. The first-order chi connectivity index (χ1) is 8.15. The average Bonchev–Trinajstić information content (AvgIpc) is 2.36. The van der Waals surface area contributed by atoms with Gasteiger partial charge in [-0.3, -0.25) is 0 Å². The molecule has 3 heteroatoms. The third-order valence-corrected chi connectivity index (χ3v) is 3.11. The van der Waals surface area contributed by atoms with Gasteiger partial charge in [0.1, 0.15) is 11.5 Å². The van der Waals surface area contributed by atoms with Gasteiger partial charge in [-0.25, -0.2) is 4.98 Å². The van der Waals surface area contributed by atoms with E-state index in [4.69, 9.17) is 4.74 Å². The summed E-state index contributed by atoms with van der Waals surface area (Å²) >= 11 is 0. The Kier molecular flexibility index (Phi) is 3.18. The van der Waals surface area contributed by atoms with E-state index in [-0.39, 0.29) is 11.7 Å². The van der Waals surface area contributed by atoms with Gasteiger partial charge >= 0.3 is 0 Å². The first-order valence-electron chi connectivity index (χ1n) is 5.83. The molecule has 0 aliphatic carbocycles. The summed E-state index contributed by atoms with van der Waals surface area (Å²) in [6.07, 6.45) is 0.961. The van der Waals surface area contributed by atoms with E-state index in [0.717, 1.165) is 28.8 Å². The van der Waals surface area contributed by atoms with Gasteiger partial charge in [-0.1, -0.05) is 13.8 Å². The minimum absolute atomic E-state index is 0.264. The Labute approximate surface area is 101 Å². The Morgan fingerprint density at radius 2 is 2.12 bits per heavy atom. The molecule has 0 saturated heterocycles. The van der Waals surface area contributed by atoms with E-state index in [1.165, 1.54) is 0 Å². The molecule has 1 aromatic heterocycles. The summed E-state index contributed by atoms with van der Waals surface area (Å²) in [4.78, 5) is 4.52. The van der Waals surface area contributed by atoms with Crippen molar-refractivity contribution in [2.24, 2.45) is 0 Å². The number of hydrogen-bond acceptors (Lipinski definition) is 3. The van der Waals surface area contributed by atoms with Crippen LogP contribution in [0, 0.1) is 0 Å². The summed E-state index contributed by atoms with van der Waals surface area (Å²) in [6.45, 7) is 4.15. The van der Waals surface area contributed by atoms with Crippen LogP contribution >= 0.6 is 0 Å². The van der Waals surface area contributed by atoms with E-state index < -0.39 is 0 Å².